The van der Waals surface area contributed by atoms with Gasteiger partial charge in [0, 0.05) is 23.2 Å². The molecule has 2 aromatic rings. The molecule has 1 aliphatic carbocycles. The van der Waals surface area contributed by atoms with Crippen molar-refractivity contribution in [3.63, 3.8) is 0 Å². The topological polar surface area (TPSA) is 68.2 Å². The fourth-order valence-electron chi connectivity index (χ4n) is 3.68. The van der Waals surface area contributed by atoms with Gasteiger partial charge in [-0.05, 0) is 64.2 Å². The van der Waals surface area contributed by atoms with Crippen molar-refractivity contribution < 1.29 is 9.53 Å². The quantitative estimate of drug-likeness (QED) is 0.425. The van der Waals surface area contributed by atoms with E-state index in [1.54, 1.807) is 11.3 Å². The second-order valence-corrected chi connectivity index (χ2v) is 8.62. The van der Waals surface area contributed by atoms with E-state index in [0.717, 1.165) is 54.0 Å². The highest BCUT2D eigenvalue weighted by molar-refractivity contribution is 7.80. The third-order valence-corrected chi connectivity index (χ3v) is 6.59. The van der Waals surface area contributed by atoms with Crippen LogP contribution in [-0.2, 0) is 24.1 Å². The number of carbonyl (C=O) groups excluding carboxylic acids is 1. The van der Waals surface area contributed by atoms with Gasteiger partial charge < -0.3 is 15.4 Å². The van der Waals surface area contributed by atoms with Crippen molar-refractivity contribution in [3.05, 3.63) is 33.5 Å². The van der Waals surface area contributed by atoms with E-state index in [-0.39, 0.29) is 12.0 Å². The molecule has 0 bridgehead atoms. The van der Waals surface area contributed by atoms with Gasteiger partial charge in [-0.25, -0.2) is 4.79 Å². The molecule has 0 saturated heterocycles. The Kier molecular flexibility index (Phi) is 6.72. The molecule has 2 aromatic heterocycles. The number of carbonyl (C=O) groups is 1. The molecule has 0 aromatic carbocycles. The summed E-state index contributed by atoms with van der Waals surface area (Å²) < 4.78 is 6.98. The molecule has 3 rings (SSSR count). The highest BCUT2D eigenvalue weighted by Gasteiger charge is 2.26. The van der Waals surface area contributed by atoms with Crippen molar-refractivity contribution in [2.75, 3.05) is 12.4 Å². The summed E-state index contributed by atoms with van der Waals surface area (Å²) >= 11 is 7.17. The summed E-state index contributed by atoms with van der Waals surface area (Å²) in [5, 5.41) is 12.4. The molecule has 152 valence electrons. The van der Waals surface area contributed by atoms with Crippen LogP contribution < -0.4 is 10.6 Å². The molecule has 6 nitrogen and oxygen atoms in total. The van der Waals surface area contributed by atoms with Gasteiger partial charge in [0.1, 0.15) is 5.00 Å². The highest BCUT2D eigenvalue weighted by atomic mass is 32.1. The van der Waals surface area contributed by atoms with Crippen LogP contribution >= 0.6 is 23.6 Å². The SMILES string of the molecule is CCn1cc(C(C)NC(=S)Nc2sc3c(c2C(=O)OC)CCCCC3)c(C)n1. The number of nitrogens with zero attached hydrogens (tertiary/aromatic N) is 2. The van der Waals surface area contributed by atoms with Crippen molar-refractivity contribution in [2.45, 2.75) is 65.5 Å². The molecule has 0 fully saturated rings. The summed E-state index contributed by atoms with van der Waals surface area (Å²) in [6.07, 6.45) is 7.44. The number of nitrogens with one attached hydrogen (secondary N) is 2. The fraction of sp³-hybridized carbons (Fsp3) is 0.550. The van der Waals surface area contributed by atoms with Crippen molar-refractivity contribution >= 4 is 39.6 Å². The molecule has 28 heavy (non-hydrogen) atoms. The maximum absolute atomic E-state index is 12.5. The summed E-state index contributed by atoms with van der Waals surface area (Å²) in [4.78, 5) is 13.7. The van der Waals surface area contributed by atoms with Crippen LogP contribution in [-0.4, -0.2) is 28.0 Å². The lowest BCUT2D eigenvalue weighted by Gasteiger charge is -2.16. The number of thiocarbonyl (C=S) groups is 1. The zero-order valence-electron chi connectivity index (χ0n) is 16.9. The lowest BCUT2D eigenvalue weighted by Crippen LogP contribution is -2.31. The Bertz CT molecular complexity index is 872. The average molecular weight is 421 g/mol. The number of aromatic nitrogens is 2. The molecular weight excluding hydrogens is 392 g/mol. The van der Waals surface area contributed by atoms with Gasteiger partial charge in [0.2, 0.25) is 0 Å². The third-order valence-electron chi connectivity index (χ3n) is 5.16. The Labute approximate surface area is 175 Å². The van der Waals surface area contributed by atoms with Crippen LogP contribution in [0, 0.1) is 6.92 Å². The molecule has 2 N–H and O–H groups in total. The van der Waals surface area contributed by atoms with E-state index in [2.05, 4.69) is 29.6 Å². The summed E-state index contributed by atoms with van der Waals surface area (Å²) in [6, 6.07) is 0.0136. The number of esters is 1. The lowest BCUT2D eigenvalue weighted by atomic mass is 10.1. The monoisotopic (exact) mass is 420 g/mol. The first-order valence-electron chi connectivity index (χ1n) is 9.78. The Morgan fingerprint density at radius 2 is 2.14 bits per heavy atom. The van der Waals surface area contributed by atoms with E-state index in [4.69, 9.17) is 17.0 Å². The Morgan fingerprint density at radius 3 is 2.82 bits per heavy atom. The van der Waals surface area contributed by atoms with E-state index in [1.807, 2.05) is 17.8 Å². The first kappa shape index (κ1) is 20.8. The molecule has 0 radical (unpaired) electrons. The van der Waals surface area contributed by atoms with E-state index in [9.17, 15) is 4.79 Å². The Morgan fingerprint density at radius 1 is 1.39 bits per heavy atom. The van der Waals surface area contributed by atoms with Crippen LogP contribution in [0.3, 0.4) is 0 Å². The summed E-state index contributed by atoms with van der Waals surface area (Å²) in [7, 11) is 1.43. The normalized spacial score (nSPS) is 14.7. The maximum atomic E-state index is 12.5. The molecule has 1 aliphatic rings. The van der Waals surface area contributed by atoms with Crippen LogP contribution in [0.5, 0.6) is 0 Å². The first-order valence-corrected chi connectivity index (χ1v) is 11.0. The summed E-state index contributed by atoms with van der Waals surface area (Å²) in [5.74, 6) is -0.294. The second kappa shape index (κ2) is 9.05. The molecule has 1 atom stereocenters. The zero-order valence-corrected chi connectivity index (χ0v) is 18.6. The van der Waals surface area contributed by atoms with E-state index in [1.165, 1.54) is 18.4 Å². The fourth-order valence-corrected chi connectivity index (χ4v) is 5.31. The van der Waals surface area contributed by atoms with E-state index in [0.29, 0.717) is 10.7 Å². The number of ether oxygens (including phenoxy) is 1. The van der Waals surface area contributed by atoms with Gasteiger partial charge in [-0.15, -0.1) is 11.3 Å². The van der Waals surface area contributed by atoms with Crippen LogP contribution in [0.2, 0.25) is 0 Å². The number of aryl methyl sites for hydroxylation is 3. The molecular formula is C20H28N4O2S2. The predicted molar refractivity (Wildman–Crippen MR) is 117 cm³/mol. The standard InChI is InChI=1S/C20H28N4O2S2/c1-5-24-11-15(13(3)23-24)12(2)21-20(27)22-18-17(19(25)26-4)14-9-7-6-8-10-16(14)28-18/h11-12H,5-10H2,1-4H3,(H2,21,22,27). The number of methoxy groups -OCH3 is 1. The van der Waals surface area contributed by atoms with Crippen LogP contribution in [0.25, 0.3) is 0 Å². The minimum absolute atomic E-state index is 0.0136. The lowest BCUT2D eigenvalue weighted by molar-refractivity contribution is 0.0601. The smallest absolute Gasteiger partial charge is 0.341 e. The zero-order chi connectivity index (χ0) is 20.3. The third kappa shape index (κ3) is 4.38. The largest absolute Gasteiger partial charge is 0.465 e. The van der Waals surface area contributed by atoms with Gasteiger partial charge in [0.15, 0.2) is 5.11 Å². The molecule has 0 spiro atoms. The van der Waals surface area contributed by atoms with Crippen molar-refractivity contribution in [3.8, 4) is 0 Å². The number of hydrogen-bond acceptors (Lipinski definition) is 5. The minimum Gasteiger partial charge on any atom is -0.465 e. The Balaban J connectivity index is 1.78. The average Bonchev–Trinajstić information content (AvgIpc) is 3.12. The first-order chi connectivity index (χ1) is 13.4. The molecule has 0 amide bonds. The molecule has 1 unspecified atom stereocenters. The van der Waals surface area contributed by atoms with Crippen LogP contribution in [0.15, 0.2) is 6.20 Å². The van der Waals surface area contributed by atoms with E-state index >= 15 is 0 Å². The molecule has 8 heteroatoms. The van der Waals surface area contributed by atoms with Gasteiger partial charge in [-0.2, -0.15) is 5.10 Å². The predicted octanol–water partition coefficient (Wildman–Crippen LogP) is 4.38. The molecule has 0 aliphatic heterocycles. The summed E-state index contributed by atoms with van der Waals surface area (Å²) in [6.45, 7) is 6.96. The Hall–Kier alpha value is -1.93. The van der Waals surface area contributed by atoms with Crippen molar-refractivity contribution in [2.24, 2.45) is 0 Å². The summed E-state index contributed by atoms with van der Waals surface area (Å²) in [5.41, 5.74) is 3.88. The van der Waals surface area contributed by atoms with E-state index < -0.39 is 0 Å². The minimum atomic E-state index is -0.294. The maximum Gasteiger partial charge on any atom is 0.341 e. The second-order valence-electron chi connectivity index (χ2n) is 7.11. The van der Waals surface area contributed by atoms with Crippen molar-refractivity contribution in [1.82, 2.24) is 15.1 Å². The number of thiophene rings is 1. The number of rotatable bonds is 5. The van der Waals surface area contributed by atoms with Gasteiger partial charge >= 0.3 is 5.97 Å². The highest BCUT2D eigenvalue weighted by Crippen LogP contribution is 2.38. The van der Waals surface area contributed by atoms with Crippen molar-refractivity contribution in [1.29, 1.82) is 0 Å². The van der Waals surface area contributed by atoms with Gasteiger partial charge in [-0.3, -0.25) is 4.68 Å². The molecule has 2 heterocycles. The van der Waals surface area contributed by atoms with Crippen LogP contribution in [0.4, 0.5) is 5.00 Å². The van der Waals surface area contributed by atoms with Gasteiger partial charge in [-0.1, -0.05) is 6.42 Å². The number of fused-ring (bicyclic) bond motifs is 1. The van der Waals surface area contributed by atoms with Crippen LogP contribution in [0.1, 0.15) is 71.2 Å². The number of hydrogen-bond donors (Lipinski definition) is 2. The molecule has 0 saturated carbocycles. The number of anilines is 1. The van der Waals surface area contributed by atoms with Gasteiger partial charge in [0.25, 0.3) is 0 Å². The van der Waals surface area contributed by atoms with Gasteiger partial charge in [0.05, 0.1) is 24.4 Å².